The number of carbonyl (C=O) groups excluding carboxylic acids is 2. The minimum Gasteiger partial charge on any atom is -0.494 e. The Balaban J connectivity index is 1.88. The van der Waals surface area contributed by atoms with Crippen LogP contribution >= 0.6 is 0 Å². The number of likely N-dealkylation sites (tertiary alicyclic amines) is 1. The number of amides is 2. The number of piperidine rings is 1. The maximum absolute atomic E-state index is 12.5. The first-order chi connectivity index (χ1) is 12.0. The number of benzene rings is 1. The highest BCUT2D eigenvalue weighted by Crippen LogP contribution is 2.20. The summed E-state index contributed by atoms with van der Waals surface area (Å²) in [7, 11) is 0. The topological polar surface area (TPSA) is 58.6 Å². The number of hydrogen-bond acceptors (Lipinski definition) is 3. The van der Waals surface area contributed by atoms with Gasteiger partial charge >= 0.3 is 0 Å². The molecule has 1 aromatic carbocycles. The van der Waals surface area contributed by atoms with E-state index in [1.807, 2.05) is 49.9 Å². The lowest BCUT2D eigenvalue weighted by Crippen LogP contribution is -2.46. The number of nitrogens with zero attached hydrogens (tertiary/aromatic N) is 1. The van der Waals surface area contributed by atoms with Crippen LogP contribution in [0.1, 0.15) is 45.6 Å². The molecule has 1 N–H and O–H groups in total. The van der Waals surface area contributed by atoms with E-state index < -0.39 is 0 Å². The number of nitrogens with one attached hydrogen (secondary N) is 1. The Morgan fingerprint density at radius 3 is 2.88 bits per heavy atom. The second-order valence-electron chi connectivity index (χ2n) is 6.73. The molecule has 0 radical (unpaired) electrons. The molecule has 1 aromatic rings. The van der Waals surface area contributed by atoms with Gasteiger partial charge in [-0.25, -0.2) is 0 Å². The Labute approximate surface area is 150 Å². The van der Waals surface area contributed by atoms with Crippen LogP contribution in [0.4, 0.5) is 0 Å². The van der Waals surface area contributed by atoms with E-state index in [0.29, 0.717) is 19.7 Å². The summed E-state index contributed by atoms with van der Waals surface area (Å²) in [6.07, 6.45) is 2.57. The number of carbonyl (C=O) groups is 2. The van der Waals surface area contributed by atoms with Crippen LogP contribution in [0.3, 0.4) is 0 Å². The summed E-state index contributed by atoms with van der Waals surface area (Å²) < 4.78 is 5.49. The Kier molecular flexibility index (Phi) is 7.29. The van der Waals surface area contributed by atoms with Crippen molar-refractivity contribution in [3.8, 4) is 5.75 Å². The molecule has 1 fully saturated rings. The highest BCUT2D eigenvalue weighted by Gasteiger charge is 2.29. The van der Waals surface area contributed by atoms with Gasteiger partial charge in [-0.15, -0.1) is 0 Å². The van der Waals surface area contributed by atoms with Crippen molar-refractivity contribution in [3.63, 3.8) is 0 Å². The third-order valence-electron chi connectivity index (χ3n) is 4.81. The number of rotatable bonds is 7. The summed E-state index contributed by atoms with van der Waals surface area (Å²) in [6, 6.07) is 7.76. The fourth-order valence-corrected chi connectivity index (χ4v) is 3.12. The lowest BCUT2D eigenvalue weighted by atomic mass is 9.95. The summed E-state index contributed by atoms with van der Waals surface area (Å²) in [5.74, 6) is 0.935. The SMILES string of the molecule is CCOc1cccc(CNC(=O)[C@H]2CCCN(C(=O)[C@H](C)CC)C2)c1. The molecular weight excluding hydrogens is 316 g/mol. The maximum Gasteiger partial charge on any atom is 0.225 e. The summed E-state index contributed by atoms with van der Waals surface area (Å²) >= 11 is 0. The van der Waals surface area contributed by atoms with Crippen LogP contribution in [0, 0.1) is 11.8 Å². The standard InChI is InChI=1S/C20H30N2O3/c1-4-15(3)20(24)22-11-7-9-17(14-22)19(23)21-13-16-8-6-10-18(12-16)25-5-2/h6,8,10,12,15,17H,4-5,7,9,11,13-14H2,1-3H3,(H,21,23)/t15-,17+/m1/s1. The smallest absolute Gasteiger partial charge is 0.225 e. The quantitative estimate of drug-likeness (QED) is 0.826. The fourth-order valence-electron chi connectivity index (χ4n) is 3.12. The van der Waals surface area contributed by atoms with Gasteiger partial charge in [0, 0.05) is 25.6 Å². The van der Waals surface area contributed by atoms with Gasteiger partial charge < -0.3 is 15.0 Å². The molecule has 5 nitrogen and oxygen atoms in total. The fraction of sp³-hybridized carbons (Fsp3) is 0.600. The van der Waals surface area contributed by atoms with Crippen molar-refractivity contribution >= 4 is 11.8 Å². The number of ether oxygens (including phenoxy) is 1. The average molecular weight is 346 g/mol. The van der Waals surface area contributed by atoms with E-state index in [0.717, 1.165) is 37.1 Å². The van der Waals surface area contributed by atoms with Crippen molar-refractivity contribution in [1.29, 1.82) is 0 Å². The van der Waals surface area contributed by atoms with E-state index in [9.17, 15) is 9.59 Å². The van der Waals surface area contributed by atoms with Crippen molar-refractivity contribution in [2.24, 2.45) is 11.8 Å². The Hall–Kier alpha value is -2.04. The van der Waals surface area contributed by atoms with Crippen LogP contribution in [0.5, 0.6) is 5.75 Å². The van der Waals surface area contributed by atoms with Gasteiger partial charge in [0.25, 0.3) is 0 Å². The third-order valence-corrected chi connectivity index (χ3v) is 4.81. The molecule has 2 amide bonds. The first-order valence-corrected chi connectivity index (χ1v) is 9.33. The van der Waals surface area contributed by atoms with E-state index in [1.165, 1.54) is 0 Å². The van der Waals surface area contributed by atoms with Gasteiger partial charge in [-0.3, -0.25) is 9.59 Å². The van der Waals surface area contributed by atoms with Gasteiger partial charge in [0.1, 0.15) is 5.75 Å². The minimum atomic E-state index is -0.114. The van der Waals surface area contributed by atoms with Crippen LogP contribution in [0.15, 0.2) is 24.3 Å². The largest absolute Gasteiger partial charge is 0.494 e. The molecule has 0 aromatic heterocycles. The van der Waals surface area contributed by atoms with Gasteiger partial charge in [-0.1, -0.05) is 26.0 Å². The monoisotopic (exact) mass is 346 g/mol. The summed E-state index contributed by atoms with van der Waals surface area (Å²) in [6.45, 7) is 8.33. The average Bonchev–Trinajstić information content (AvgIpc) is 2.65. The van der Waals surface area contributed by atoms with Gasteiger partial charge in [0.15, 0.2) is 0 Å². The Morgan fingerprint density at radius 2 is 2.16 bits per heavy atom. The lowest BCUT2D eigenvalue weighted by Gasteiger charge is -2.33. The molecule has 2 atom stereocenters. The highest BCUT2D eigenvalue weighted by molar-refractivity contribution is 5.82. The molecule has 0 aliphatic carbocycles. The molecule has 0 spiro atoms. The van der Waals surface area contributed by atoms with Crippen LogP contribution in [0.2, 0.25) is 0 Å². The van der Waals surface area contributed by atoms with Crippen molar-refractivity contribution in [1.82, 2.24) is 10.2 Å². The van der Waals surface area contributed by atoms with Crippen molar-refractivity contribution in [3.05, 3.63) is 29.8 Å². The molecule has 25 heavy (non-hydrogen) atoms. The van der Waals surface area contributed by atoms with E-state index in [-0.39, 0.29) is 23.7 Å². The molecule has 1 saturated heterocycles. The summed E-state index contributed by atoms with van der Waals surface area (Å²) in [4.78, 5) is 26.7. The first kappa shape index (κ1) is 19.3. The van der Waals surface area contributed by atoms with Gasteiger partial charge in [-0.2, -0.15) is 0 Å². The molecule has 0 saturated carbocycles. The molecule has 1 aliphatic heterocycles. The van der Waals surface area contributed by atoms with Gasteiger partial charge in [0.05, 0.1) is 12.5 Å². The molecule has 0 bridgehead atoms. The van der Waals surface area contributed by atoms with Gasteiger partial charge in [0.2, 0.25) is 11.8 Å². The zero-order chi connectivity index (χ0) is 18.2. The summed E-state index contributed by atoms with van der Waals surface area (Å²) in [5, 5.41) is 3.01. The second-order valence-corrected chi connectivity index (χ2v) is 6.73. The molecule has 1 heterocycles. The minimum absolute atomic E-state index is 0.0307. The lowest BCUT2D eigenvalue weighted by molar-refractivity contribution is -0.139. The highest BCUT2D eigenvalue weighted by atomic mass is 16.5. The molecule has 138 valence electrons. The second kappa shape index (κ2) is 9.44. The van der Waals surface area contributed by atoms with Crippen LogP contribution in [0.25, 0.3) is 0 Å². The molecular formula is C20H30N2O3. The summed E-state index contributed by atoms with van der Waals surface area (Å²) in [5.41, 5.74) is 1.02. The van der Waals surface area contributed by atoms with Gasteiger partial charge in [-0.05, 0) is 43.9 Å². The molecule has 0 unspecified atom stereocenters. The zero-order valence-electron chi connectivity index (χ0n) is 15.6. The first-order valence-electron chi connectivity index (χ1n) is 9.33. The normalized spacial score (nSPS) is 18.5. The van der Waals surface area contributed by atoms with Crippen molar-refractivity contribution in [2.75, 3.05) is 19.7 Å². The maximum atomic E-state index is 12.5. The predicted octanol–water partition coefficient (Wildman–Crippen LogP) is 2.99. The van der Waals surface area contributed by atoms with Crippen molar-refractivity contribution < 1.29 is 14.3 Å². The Bertz CT molecular complexity index is 588. The molecule has 1 aliphatic rings. The van der Waals surface area contributed by atoms with E-state index in [4.69, 9.17) is 4.74 Å². The molecule has 5 heteroatoms. The number of hydrogen-bond donors (Lipinski definition) is 1. The van der Waals surface area contributed by atoms with Crippen LogP contribution in [-0.4, -0.2) is 36.4 Å². The predicted molar refractivity (Wildman–Crippen MR) is 98.2 cm³/mol. The molecule has 2 rings (SSSR count). The van der Waals surface area contributed by atoms with Crippen molar-refractivity contribution in [2.45, 2.75) is 46.6 Å². The van der Waals surface area contributed by atoms with Crippen LogP contribution in [-0.2, 0) is 16.1 Å². The zero-order valence-corrected chi connectivity index (χ0v) is 15.6. The van der Waals surface area contributed by atoms with E-state index in [2.05, 4.69) is 5.32 Å². The van der Waals surface area contributed by atoms with Crippen LogP contribution < -0.4 is 10.1 Å². The third kappa shape index (κ3) is 5.48. The Morgan fingerprint density at radius 1 is 1.36 bits per heavy atom. The van der Waals surface area contributed by atoms with E-state index >= 15 is 0 Å². The van der Waals surface area contributed by atoms with E-state index in [1.54, 1.807) is 0 Å².